The summed E-state index contributed by atoms with van der Waals surface area (Å²) in [6.07, 6.45) is 0.790. The normalized spacial score (nSPS) is 10.9. The number of anilines is 1. The molecule has 0 aliphatic heterocycles. The Morgan fingerprint density at radius 3 is 2.69 bits per heavy atom. The van der Waals surface area contributed by atoms with Gasteiger partial charge in [-0.1, -0.05) is 36.4 Å². The van der Waals surface area contributed by atoms with Crippen LogP contribution in [0.25, 0.3) is 20.8 Å². The third-order valence-electron chi connectivity index (χ3n) is 4.12. The molecule has 1 amide bonds. The molecule has 0 spiro atoms. The minimum atomic E-state index is -0.140. The number of hydrogen-bond donors (Lipinski definition) is 2. The second-order valence-electron chi connectivity index (χ2n) is 5.86. The largest absolute Gasteiger partial charge is 0.397 e. The number of fused-ring (bicyclic) bond motifs is 1. The molecule has 0 bridgehead atoms. The average Bonchev–Trinajstić information content (AvgIpc) is 3.31. The van der Waals surface area contributed by atoms with Crippen molar-refractivity contribution in [2.75, 3.05) is 12.3 Å². The number of carbonyl (C=O) groups excluding carboxylic acids is 1. The van der Waals surface area contributed by atoms with E-state index >= 15 is 0 Å². The maximum absolute atomic E-state index is 12.5. The molecule has 130 valence electrons. The van der Waals surface area contributed by atoms with Crippen LogP contribution < -0.4 is 11.1 Å². The van der Waals surface area contributed by atoms with Gasteiger partial charge in [0.2, 0.25) is 0 Å². The molecular formula is C20H17N3OS2. The van der Waals surface area contributed by atoms with Crippen molar-refractivity contribution in [2.24, 2.45) is 0 Å². The van der Waals surface area contributed by atoms with E-state index in [-0.39, 0.29) is 5.91 Å². The highest BCUT2D eigenvalue weighted by Crippen LogP contribution is 2.34. The van der Waals surface area contributed by atoms with Gasteiger partial charge >= 0.3 is 0 Å². The summed E-state index contributed by atoms with van der Waals surface area (Å²) in [5.41, 5.74) is 8.81. The molecule has 0 saturated heterocycles. The van der Waals surface area contributed by atoms with Gasteiger partial charge in [0.05, 0.1) is 16.3 Å². The fourth-order valence-corrected chi connectivity index (χ4v) is 4.48. The first-order valence-corrected chi connectivity index (χ1v) is 9.97. The number of aromatic nitrogens is 1. The Balaban J connectivity index is 1.52. The van der Waals surface area contributed by atoms with E-state index in [2.05, 4.69) is 22.4 Å². The van der Waals surface area contributed by atoms with Gasteiger partial charge < -0.3 is 11.1 Å². The highest BCUT2D eigenvalue weighted by atomic mass is 32.1. The van der Waals surface area contributed by atoms with Crippen LogP contribution in [0.5, 0.6) is 0 Å². The van der Waals surface area contributed by atoms with Gasteiger partial charge in [-0.05, 0) is 35.6 Å². The van der Waals surface area contributed by atoms with Crippen molar-refractivity contribution in [3.8, 4) is 10.6 Å². The summed E-state index contributed by atoms with van der Waals surface area (Å²) in [5, 5.41) is 5.82. The molecule has 0 aliphatic rings. The van der Waals surface area contributed by atoms with Crippen molar-refractivity contribution in [3.63, 3.8) is 0 Å². The van der Waals surface area contributed by atoms with E-state index in [0.29, 0.717) is 17.1 Å². The molecule has 0 fully saturated rings. The molecule has 6 heteroatoms. The average molecular weight is 380 g/mol. The monoisotopic (exact) mass is 379 g/mol. The van der Waals surface area contributed by atoms with Gasteiger partial charge in [-0.25, -0.2) is 4.98 Å². The molecule has 4 nitrogen and oxygen atoms in total. The lowest BCUT2D eigenvalue weighted by atomic mass is 10.1. The molecular weight excluding hydrogens is 362 g/mol. The smallest absolute Gasteiger partial charge is 0.263 e. The maximum Gasteiger partial charge on any atom is 0.263 e. The Labute approximate surface area is 159 Å². The maximum atomic E-state index is 12.5. The predicted octanol–water partition coefficient (Wildman–Crippen LogP) is 4.58. The number of nitrogens with two attached hydrogens (primary N) is 1. The molecule has 0 unspecified atom stereocenters. The van der Waals surface area contributed by atoms with Gasteiger partial charge in [-0.15, -0.1) is 22.7 Å². The van der Waals surface area contributed by atoms with Crippen LogP contribution in [0.4, 0.5) is 5.69 Å². The summed E-state index contributed by atoms with van der Waals surface area (Å²) < 4.78 is 0. The molecule has 0 aliphatic carbocycles. The van der Waals surface area contributed by atoms with Crippen molar-refractivity contribution in [1.82, 2.24) is 10.3 Å². The summed E-state index contributed by atoms with van der Waals surface area (Å²) in [4.78, 5) is 19.6. The van der Waals surface area contributed by atoms with Gasteiger partial charge in [0.15, 0.2) is 0 Å². The van der Waals surface area contributed by atoms with Crippen LogP contribution in [-0.4, -0.2) is 17.4 Å². The second kappa shape index (κ2) is 7.27. The molecule has 0 radical (unpaired) electrons. The van der Waals surface area contributed by atoms with Crippen molar-refractivity contribution < 1.29 is 4.79 Å². The third-order valence-corrected chi connectivity index (χ3v) is 6.12. The second-order valence-corrected chi connectivity index (χ2v) is 7.81. The fourth-order valence-electron chi connectivity index (χ4n) is 2.77. The van der Waals surface area contributed by atoms with E-state index in [4.69, 9.17) is 5.73 Å². The summed E-state index contributed by atoms with van der Waals surface area (Å²) >= 11 is 2.99. The van der Waals surface area contributed by atoms with Gasteiger partial charge in [0.25, 0.3) is 5.91 Å². The standard InChI is InChI=1S/C20H17N3OS2/c21-17-14-8-9-15(16-7-4-12-25-16)23-20(14)26-18(17)19(24)22-11-10-13-5-2-1-3-6-13/h1-9,12H,10-11,21H2,(H,22,24). The number of nitrogen functional groups attached to an aromatic ring is 1. The van der Waals surface area contributed by atoms with Gasteiger partial charge in [-0.2, -0.15) is 0 Å². The Hall–Kier alpha value is -2.70. The molecule has 4 rings (SSSR count). The first kappa shape index (κ1) is 16.8. The van der Waals surface area contributed by atoms with Crippen molar-refractivity contribution in [3.05, 3.63) is 70.4 Å². The Morgan fingerprint density at radius 2 is 1.92 bits per heavy atom. The number of thiophene rings is 2. The van der Waals surface area contributed by atoms with Crippen LogP contribution in [0.3, 0.4) is 0 Å². The van der Waals surface area contributed by atoms with E-state index in [1.54, 1.807) is 11.3 Å². The van der Waals surface area contributed by atoms with Crippen LogP contribution in [0.1, 0.15) is 15.2 Å². The lowest BCUT2D eigenvalue weighted by Gasteiger charge is -2.04. The summed E-state index contributed by atoms with van der Waals surface area (Å²) in [5.74, 6) is -0.140. The van der Waals surface area contributed by atoms with Gasteiger partial charge in [0.1, 0.15) is 9.71 Å². The van der Waals surface area contributed by atoms with Crippen molar-refractivity contribution >= 4 is 44.5 Å². The zero-order valence-electron chi connectivity index (χ0n) is 13.9. The molecule has 3 N–H and O–H groups in total. The number of amides is 1. The summed E-state index contributed by atoms with van der Waals surface area (Å²) in [7, 11) is 0. The molecule has 3 aromatic heterocycles. The Bertz CT molecular complexity index is 1040. The van der Waals surface area contributed by atoms with E-state index in [9.17, 15) is 4.79 Å². The number of rotatable bonds is 5. The number of carbonyl (C=O) groups is 1. The third kappa shape index (κ3) is 3.34. The number of benzene rings is 1. The minimum Gasteiger partial charge on any atom is -0.397 e. The molecule has 26 heavy (non-hydrogen) atoms. The topological polar surface area (TPSA) is 68.0 Å². The van der Waals surface area contributed by atoms with E-state index < -0.39 is 0 Å². The Morgan fingerprint density at radius 1 is 1.08 bits per heavy atom. The van der Waals surface area contributed by atoms with Gasteiger partial charge in [0, 0.05) is 11.9 Å². The van der Waals surface area contributed by atoms with Crippen LogP contribution >= 0.6 is 22.7 Å². The minimum absolute atomic E-state index is 0.140. The highest BCUT2D eigenvalue weighted by molar-refractivity contribution is 7.21. The SMILES string of the molecule is Nc1c(C(=O)NCCc2ccccc2)sc2nc(-c3cccs3)ccc12. The molecule has 4 aromatic rings. The highest BCUT2D eigenvalue weighted by Gasteiger charge is 2.17. The molecule has 0 saturated carbocycles. The lowest BCUT2D eigenvalue weighted by molar-refractivity contribution is 0.0959. The van der Waals surface area contributed by atoms with Crippen LogP contribution in [0, 0.1) is 0 Å². The number of hydrogen-bond acceptors (Lipinski definition) is 5. The van der Waals surface area contributed by atoms with E-state index in [0.717, 1.165) is 27.2 Å². The molecule has 1 aromatic carbocycles. The van der Waals surface area contributed by atoms with Gasteiger partial charge in [-0.3, -0.25) is 4.79 Å². The molecule has 3 heterocycles. The van der Waals surface area contributed by atoms with Crippen molar-refractivity contribution in [2.45, 2.75) is 6.42 Å². The number of nitrogens with one attached hydrogen (secondary N) is 1. The van der Waals surface area contributed by atoms with Crippen molar-refractivity contribution in [1.29, 1.82) is 0 Å². The first-order chi connectivity index (χ1) is 12.7. The quantitative estimate of drug-likeness (QED) is 0.533. The van der Waals surface area contributed by atoms with E-state index in [1.807, 2.05) is 47.8 Å². The number of pyridine rings is 1. The zero-order chi connectivity index (χ0) is 17.9. The summed E-state index contributed by atoms with van der Waals surface area (Å²) in [6.45, 7) is 0.574. The fraction of sp³-hybridized carbons (Fsp3) is 0.100. The lowest BCUT2D eigenvalue weighted by Crippen LogP contribution is -2.25. The molecule has 0 atom stereocenters. The van der Waals surface area contributed by atoms with E-state index in [1.165, 1.54) is 16.9 Å². The predicted molar refractivity (Wildman–Crippen MR) is 110 cm³/mol. The zero-order valence-corrected chi connectivity index (χ0v) is 15.6. The number of nitrogens with zero attached hydrogens (tertiary/aromatic N) is 1. The first-order valence-electron chi connectivity index (χ1n) is 8.27. The van der Waals surface area contributed by atoms with Crippen LogP contribution in [0.15, 0.2) is 60.0 Å². The van der Waals surface area contributed by atoms with Crippen LogP contribution in [0.2, 0.25) is 0 Å². The van der Waals surface area contributed by atoms with Crippen LogP contribution in [-0.2, 0) is 6.42 Å². The Kier molecular flexibility index (Phi) is 4.69. The summed E-state index contributed by atoms with van der Waals surface area (Å²) in [6, 6.07) is 18.0.